The number of carbonyl (C=O) groups excluding carboxylic acids is 2. The van der Waals surface area contributed by atoms with E-state index in [9.17, 15) is 14.4 Å². The van der Waals surface area contributed by atoms with Crippen molar-refractivity contribution in [1.29, 1.82) is 0 Å². The van der Waals surface area contributed by atoms with Crippen molar-refractivity contribution in [2.24, 2.45) is 0 Å². The molecule has 1 aliphatic heterocycles. The Hall–Kier alpha value is -2.62. The number of carbonyl (C=O) groups is 3. The molecule has 3 N–H and O–H groups in total. The lowest BCUT2D eigenvalue weighted by molar-refractivity contribution is -0.117. The molecule has 2 amide bonds. The predicted octanol–water partition coefficient (Wildman–Crippen LogP) is 1.55. The molecule has 23 heavy (non-hydrogen) atoms. The summed E-state index contributed by atoms with van der Waals surface area (Å²) in [6.07, 6.45) is 0. The quantitative estimate of drug-likeness (QED) is 0.394. The molecule has 7 nitrogen and oxygen atoms in total. The average molecular weight is 424 g/mol. The third kappa shape index (κ3) is 2.84. The summed E-state index contributed by atoms with van der Waals surface area (Å²) in [5.74, 6) is -2.58. The van der Waals surface area contributed by atoms with Gasteiger partial charge in [0.05, 0.1) is 0 Å². The zero-order chi connectivity index (χ0) is 16.6. The minimum Gasteiger partial charge on any atom is -0.475 e. The highest BCUT2D eigenvalue weighted by Gasteiger charge is 2.32. The number of benzene rings is 1. The smallest absolute Gasteiger partial charge is 0.371 e. The van der Waals surface area contributed by atoms with Crippen LogP contribution in [0.15, 0.2) is 46.4 Å². The number of carboxylic acid groups (broad SMARTS) is 1. The molecule has 116 valence electrons. The van der Waals surface area contributed by atoms with Gasteiger partial charge in [-0.25, -0.2) is 4.79 Å². The van der Waals surface area contributed by atoms with Crippen LogP contribution in [0, 0.1) is 3.57 Å². The van der Waals surface area contributed by atoms with Gasteiger partial charge in [0, 0.05) is 9.14 Å². The Morgan fingerprint density at radius 2 is 1.52 bits per heavy atom. The number of amides is 2. The van der Waals surface area contributed by atoms with E-state index >= 15 is 0 Å². The monoisotopic (exact) mass is 424 g/mol. The molecule has 1 aromatic heterocycles. The zero-order valence-corrected chi connectivity index (χ0v) is 13.6. The molecule has 1 aliphatic rings. The van der Waals surface area contributed by atoms with Crippen molar-refractivity contribution < 1.29 is 23.9 Å². The van der Waals surface area contributed by atoms with Gasteiger partial charge in [0.25, 0.3) is 11.8 Å². The summed E-state index contributed by atoms with van der Waals surface area (Å²) in [5.41, 5.74) is 5.13. The number of rotatable bonds is 3. The third-order valence-corrected chi connectivity index (χ3v) is 3.91. The highest BCUT2D eigenvalue weighted by Crippen LogP contribution is 2.30. The van der Waals surface area contributed by atoms with E-state index < -0.39 is 17.8 Å². The fraction of sp³-hybridized carbons (Fsp3) is 0. The number of nitrogens with one attached hydrogen (secondary N) is 2. The Balaban J connectivity index is 2.23. The molecule has 0 bridgehead atoms. The number of halogens is 1. The van der Waals surface area contributed by atoms with Crippen LogP contribution in [-0.4, -0.2) is 22.9 Å². The van der Waals surface area contributed by atoms with Crippen LogP contribution >= 0.6 is 22.6 Å². The van der Waals surface area contributed by atoms with Crippen molar-refractivity contribution in [1.82, 2.24) is 10.9 Å². The van der Waals surface area contributed by atoms with Crippen LogP contribution in [0.4, 0.5) is 0 Å². The van der Waals surface area contributed by atoms with E-state index in [4.69, 9.17) is 9.52 Å². The van der Waals surface area contributed by atoms with Crippen molar-refractivity contribution in [3.8, 4) is 0 Å². The van der Waals surface area contributed by atoms with Gasteiger partial charge in [0.2, 0.25) is 5.76 Å². The summed E-state index contributed by atoms with van der Waals surface area (Å²) in [5, 5.41) is 8.99. The lowest BCUT2D eigenvalue weighted by atomic mass is 9.97. The Morgan fingerprint density at radius 3 is 2.04 bits per heavy atom. The molecule has 1 aromatic carbocycles. The minimum absolute atomic E-state index is 0.127. The molecule has 0 aliphatic carbocycles. The predicted molar refractivity (Wildman–Crippen MR) is 87.1 cm³/mol. The molecule has 1 fully saturated rings. The first kappa shape index (κ1) is 15.3. The van der Waals surface area contributed by atoms with E-state index in [2.05, 4.69) is 33.4 Å². The molecule has 1 saturated heterocycles. The van der Waals surface area contributed by atoms with Crippen molar-refractivity contribution in [2.75, 3.05) is 0 Å². The fourth-order valence-corrected chi connectivity index (χ4v) is 2.54. The summed E-state index contributed by atoms with van der Waals surface area (Å²) < 4.78 is 6.26. The molecular formula is C15H9IN2O5. The van der Waals surface area contributed by atoms with Crippen molar-refractivity contribution in [3.05, 3.63) is 62.6 Å². The first-order valence-corrected chi connectivity index (χ1v) is 7.49. The average Bonchev–Trinajstić information content (AvgIpc) is 3.12. The van der Waals surface area contributed by atoms with Gasteiger partial charge < -0.3 is 9.52 Å². The normalized spacial score (nSPS) is 13.7. The Bertz CT molecular complexity index is 833. The van der Waals surface area contributed by atoms with Crippen LogP contribution in [0.5, 0.6) is 0 Å². The highest BCUT2D eigenvalue weighted by atomic mass is 127. The highest BCUT2D eigenvalue weighted by molar-refractivity contribution is 14.1. The maximum Gasteiger partial charge on any atom is 0.371 e. The van der Waals surface area contributed by atoms with Gasteiger partial charge in [-0.15, -0.1) is 0 Å². The van der Waals surface area contributed by atoms with Crippen LogP contribution in [-0.2, 0) is 9.59 Å². The van der Waals surface area contributed by atoms with Gasteiger partial charge in [0.15, 0.2) is 0 Å². The van der Waals surface area contributed by atoms with Crippen LogP contribution in [0.1, 0.15) is 21.9 Å². The number of hydrogen-bond donors (Lipinski definition) is 3. The van der Waals surface area contributed by atoms with E-state index in [1.807, 2.05) is 12.1 Å². The maximum atomic E-state index is 12.0. The topological polar surface area (TPSA) is 109 Å². The lowest BCUT2D eigenvalue weighted by Gasteiger charge is -2.07. The van der Waals surface area contributed by atoms with Crippen molar-refractivity contribution >= 4 is 45.9 Å². The molecule has 3 rings (SSSR count). The Labute approximate surface area is 143 Å². The molecule has 0 unspecified atom stereocenters. The molecule has 0 spiro atoms. The van der Waals surface area contributed by atoms with Gasteiger partial charge in [-0.2, -0.15) is 0 Å². The summed E-state index contributed by atoms with van der Waals surface area (Å²) in [7, 11) is 0. The number of hydrazine groups is 1. The van der Waals surface area contributed by atoms with E-state index in [1.165, 1.54) is 12.1 Å². The van der Waals surface area contributed by atoms with Crippen LogP contribution in [0.25, 0.3) is 5.57 Å². The fourth-order valence-electron chi connectivity index (χ4n) is 2.18. The van der Waals surface area contributed by atoms with E-state index in [0.717, 1.165) is 3.57 Å². The SMILES string of the molecule is O=C1NNC(=O)C1=C(c1ccc(I)cc1)c1ccc(C(=O)O)o1. The number of aromatic carboxylic acids is 1. The van der Waals surface area contributed by atoms with E-state index in [0.29, 0.717) is 5.56 Å². The Morgan fingerprint density at radius 1 is 0.957 bits per heavy atom. The number of hydrogen-bond acceptors (Lipinski definition) is 4. The molecule has 0 radical (unpaired) electrons. The largest absolute Gasteiger partial charge is 0.475 e. The van der Waals surface area contributed by atoms with Gasteiger partial charge >= 0.3 is 5.97 Å². The zero-order valence-electron chi connectivity index (χ0n) is 11.4. The first-order valence-electron chi connectivity index (χ1n) is 6.42. The van der Waals surface area contributed by atoms with Crippen LogP contribution in [0.2, 0.25) is 0 Å². The van der Waals surface area contributed by atoms with Crippen LogP contribution in [0.3, 0.4) is 0 Å². The summed E-state index contributed by atoms with van der Waals surface area (Å²) in [4.78, 5) is 34.9. The summed E-state index contributed by atoms with van der Waals surface area (Å²) in [6, 6.07) is 9.76. The number of carboxylic acids is 1. The molecule has 2 heterocycles. The second-order valence-corrected chi connectivity index (χ2v) is 5.88. The molecule has 2 aromatic rings. The summed E-state index contributed by atoms with van der Waals surface area (Å²) >= 11 is 2.13. The van der Waals surface area contributed by atoms with Gasteiger partial charge in [0.1, 0.15) is 11.3 Å². The second-order valence-electron chi connectivity index (χ2n) is 4.63. The van der Waals surface area contributed by atoms with Gasteiger partial charge in [-0.1, -0.05) is 12.1 Å². The third-order valence-electron chi connectivity index (χ3n) is 3.19. The molecule has 8 heteroatoms. The van der Waals surface area contributed by atoms with Crippen molar-refractivity contribution in [2.45, 2.75) is 0 Å². The molecular weight excluding hydrogens is 415 g/mol. The summed E-state index contributed by atoms with van der Waals surface area (Å²) in [6.45, 7) is 0. The van der Waals surface area contributed by atoms with E-state index in [1.54, 1.807) is 12.1 Å². The van der Waals surface area contributed by atoms with Crippen molar-refractivity contribution in [3.63, 3.8) is 0 Å². The lowest BCUT2D eigenvalue weighted by Crippen LogP contribution is -2.28. The van der Waals surface area contributed by atoms with Gasteiger partial charge in [-0.05, 0) is 52.4 Å². The Kier molecular flexibility index (Phi) is 3.90. The second kappa shape index (κ2) is 5.88. The minimum atomic E-state index is -1.23. The van der Waals surface area contributed by atoms with Crippen LogP contribution < -0.4 is 10.9 Å². The van der Waals surface area contributed by atoms with E-state index in [-0.39, 0.29) is 22.7 Å². The first-order chi connectivity index (χ1) is 11.0. The van der Waals surface area contributed by atoms with Gasteiger partial charge in [-0.3, -0.25) is 20.4 Å². The maximum absolute atomic E-state index is 12.0. The molecule has 0 atom stereocenters. The standard InChI is InChI=1S/C15H9IN2O5/c16-8-3-1-7(2-4-8)11(12-13(19)17-18-14(12)20)9-5-6-10(23-9)15(21)22/h1-6H,(H,17,19)(H,18,20)(H,21,22). The number of furan rings is 1. The molecule has 0 saturated carbocycles.